The Labute approximate surface area is 111 Å². The Balaban J connectivity index is 2.62. The molecular weight excluding hydrogens is 311 g/mol. The third kappa shape index (κ3) is 2.17. The second-order valence-electron chi connectivity index (χ2n) is 3.42. The van der Waals surface area contributed by atoms with Gasteiger partial charge in [-0.15, -0.1) is 22.9 Å². The molecule has 0 saturated carbocycles. The molecule has 1 aromatic carbocycles. The number of alkyl halides is 1. The fourth-order valence-electron chi connectivity index (χ4n) is 1.54. The predicted molar refractivity (Wildman–Crippen MR) is 71.7 cm³/mol. The maximum absolute atomic E-state index is 13.8. The minimum absolute atomic E-state index is 0.216. The van der Waals surface area contributed by atoms with E-state index in [1.165, 1.54) is 6.07 Å². The molecule has 0 saturated heterocycles. The average Bonchev–Trinajstić information content (AvgIpc) is 2.58. The zero-order valence-corrected chi connectivity index (χ0v) is 11.7. The molecule has 0 unspecified atom stereocenters. The number of rotatable bonds is 2. The summed E-state index contributed by atoms with van der Waals surface area (Å²) in [5.74, 6) is 0.105. The summed E-state index contributed by atoms with van der Waals surface area (Å²) in [4.78, 5) is 2.05. The van der Waals surface area contributed by atoms with Crippen LogP contribution in [0.1, 0.15) is 10.4 Å². The van der Waals surface area contributed by atoms with Crippen molar-refractivity contribution in [2.45, 2.75) is 12.8 Å². The Kier molecular flexibility index (Phi) is 3.67. The van der Waals surface area contributed by atoms with Crippen LogP contribution in [0.25, 0.3) is 10.4 Å². The minimum Gasteiger partial charge on any atom is -0.206 e. The number of aryl methyl sites for hydroxylation is 1. The molecule has 0 aliphatic rings. The Morgan fingerprint density at radius 1 is 1.44 bits per heavy atom. The Hall–Kier alpha value is -0.380. The van der Waals surface area contributed by atoms with Gasteiger partial charge in [-0.25, -0.2) is 4.39 Å². The highest BCUT2D eigenvalue weighted by molar-refractivity contribution is 9.10. The lowest BCUT2D eigenvalue weighted by molar-refractivity contribution is 0.630. The molecule has 0 aliphatic heterocycles. The van der Waals surface area contributed by atoms with Crippen molar-refractivity contribution in [1.82, 2.24) is 0 Å². The van der Waals surface area contributed by atoms with Crippen LogP contribution >= 0.6 is 38.9 Å². The lowest BCUT2D eigenvalue weighted by Gasteiger charge is -2.05. The van der Waals surface area contributed by atoms with Gasteiger partial charge in [-0.05, 0) is 40.5 Å². The molecule has 1 heterocycles. The van der Waals surface area contributed by atoms with Crippen molar-refractivity contribution in [3.63, 3.8) is 0 Å². The Bertz CT molecular complexity index is 502. The van der Waals surface area contributed by atoms with E-state index >= 15 is 0 Å². The lowest BCUT2D eigenvalue weighted by Crippen LogP contribution is -1.88. The van der Waals surface area contributed by atoms with Gasteiger partial charge >= 0.3 is 0 Å². The summed E-state index contributed by atoms with van der Waals surface area (Å²) in [5.41, 5.74) is 1.45. The minimum atomic E-state index is -0.216. The van der Waals surface area contributed by atoms with Crippen molar-refractivity contribution >= 4 is 38.9 Å². The quantitative estimate of drug-likeness (QED) is 0.653. The summed E-state index contributed by atoms with van der Waals surface area (Å²) in [5, 5.41) is 0. The average molecular weight is 320 g/mol. The summed E-state index contributed by atoms with van der Waals surface area (Å²) in [6.45, 7) is 2.00. The molecular formula is C12H9BrClFS. The molecule has 0 bridgehead atoms. The third-order valence-electron chi connectivity index (χ3n) is 2.35. The molecule has 84 valence electrons. The van der Waals surface area contributed by atoms with E-state index in [4.69, 9.17) is 11.6 Å². The lowest BCUT2D eigenvalue weighted by atomic mass is 10.1. The van der Waals surface area contributed by atoms with Crippen LogP contribution in [0.4, 0.5) is 4.39 Å². The molecule has 1 aromatic heterocycles. The monoisotopic (exact) mass is 318 g/mol. The van der Waals surface area contributed by atoms with E-state index in [9.17, 15) is 4.39 Å². The fourth-order valence-corrected chi connectivity index (χ4v) is 3.38. The van der Waals surface area contributed by atoms with Crippen LogP contribution in [-0.2, 0) is 5.88 Å². The summed E-state index contributed by atoms with van der Waals surface area (Å²) < 4.78 is 14.8. The first kappa shape index (κ1) is 12.1. The van der Waals surface area contributed by atoms with Crippen molar-refractivity contribution < 1.29 is 4.39 Å². The van der Waals surface area contributed by atoms with Crippen molar-refractivity contribution in [2.75, 3.05) is 0 Å². The molecule has 4 heteroatoms. The highest BCUT2D eigenvalue weighted by Crippen LogP contribution is 2.37. The summed E-state index contributed by atoms with van der Waals surface area (Å²) in [6.07, 6.45) is 0. The highest BCUT2D eigenvalue weighted by atomic mass is 79.9. The molecule has 0 aliphatic carbocycles. The zero-order valence-electron chi connectivity index (χ0n) is 8.56. The van der Waals surface area contributed by atoms with E-state index in [0.29, 0.717) is 11.4 Å². The van der Waals surface area contributed by atoms with E-state index in [1.54, 1.807) is 17.4 Å². The number of hydrogen-bond donors (Lipinski definition) is 0. The van der Waals surface area contributed by atoms with E-state index < -0.39 is 0 Å². The zero-order chi connectivity index (χ0) is 11.7. The van der Waals surface area contributed by atoms with Crippen LogP contribution < -0.4 is 0 Å². The van der Waals surface area contributed by atoms with Gasteiger partial charge in [-0.1, -0.05) is 12.1 Å². The van der Waals surface area contributed by atoms with Crippen LogP contribution in [0.2, 0.25) is 0 Å². The SMILES string of the molecule is Cc1sc(-c2c(F)cccc2CCl)cc1Br. The van der Waals surface area contributed by atoms with Crippen LogP contribution in [0.3, 0.4) is 0 Å². The molecule has 0 spiro atoms. The van der Waals surface area contributed by atoms with Crippen molar-refractivity contribution in [3.05, 3.63) is 45.0 Å². The number of halogens is 3. The number of hydrogen-bond acceptors (Lipinski definition) is 1. The topological polar surface area (TPSA) is 0 Å². The highest BCUT2D eigenvalue weighted by Gasteiger charge is 2.13. The van der Waals surface area contributed by atoms with Crippen LogP contribution in [0, 0.1) is 12.7 Å². The first-order valence-electron chi connectivity index (χ1n) is 4.73. The molecule has 2 aromatic rings. The van der Waals surface area contributed by atoms with E-state index in [2.05, 4.69) is 15.9 Å². The maximum Gasteiger partial charge on any atom is 0.132 e. The molecule has 0 atom stereocenters. The number of benzene rings is 1. The molecule has 0 radical (unpaired) electrons. The van der Waals surface area contributed by atoms with Gasteiger partial charge in [0.25, 0.3) is 0 Å². The second-order valence-corrected chi connectivity index (χ2v) is 5.80. The normalized spacial score (nSPS) is 10.8. The van der Waals surface area contributed by atoms with Gasteiger partial charge in [-0.3, -0.25) is 0 Å². The van der Waals surface area contributed by atoms with Crippen LogP contribution in [-0.4, -0.2) is 0 Å². The number of thiophene rings is 1. The van der Waals surface area contributed by atoms with Crippen LogP contribution in [0.5, 0.6) is 0 Å². The molecule has 16 heavy (non-hydrogen) atoms. The first-order valence-corrected chi connectivity index (χ1v) is 6.87. The molecule has 0 N–H and O–H groups in total. The van der Waals surface area contributed by atoms with Gasteiger partial charge in [0.2, 0.25) is 0 Å². The van der Waals surface area contributed by atoms with E-state index in [1.807, 2.05) is 19.1 Å². The van der Waals surface area contributed by atoms with Gasteiger partial charge in [0.15, 0.2) is 0 Å². The maximum atomic E-state index is 13.8. The summed E-state index contributed by atoms with van der Waals surface area (Å²) in [6, 6.07) is 6.95. The molecule has 0 fully saturated rings. The van der Waals surface area contributed by atoms with E-state index in [-0.39, 0.29) is 5.82 Å². The molecule has 0 amide bonds. The van der Waals surface area contributed by atoms with Gasteiger partial charge in [0.1, 0.15) is 5.82 Å². The first-order chi connectivity index (χ1) is 7.63. The third-order valence-corrected chi connectivity index (χ3v) is 4.79. The predicted octanol–water partition coefficient (Wildman–Crippen LogP) is 5.36. The van der Waals surface area contributed by atoms with Gasteiger partial charge in [0, 0.05) is 25.7 Å². The van der Waals surface area contributed by atoms with Gasteiger partial charge in [-0.2, -0.15) is 0 Å². The van der Waals surface area contributed by atoms with Crippen LogP contribution in [0.15, 0.2) is 28.7 Å². The Morgan fingerprint density at radius 2 is 2.19 bits per heavy atom. The van der Waals surface area contributed by atoms with Gasteiger partial charge in [0.05, 0.1) is 0 Å². The summed E-state index contributed by atoms with van der Waals surface area (Å²) in [7, 11) is 0. The second kappa shape index (κ2) is 4.86. The Morgan fingerprint density at radius 3 is 2.75 bits per heavy atom. The smallest absolute Gasteiger partial charge is 0.132 e. The molecule has 0 nitrogen and oxygen atoms in total. The summed E-state index contributed by atoms with van der Waals surface area (Å²) >= 11 is 10.8. The van der Waals surface area contributed by atoms with Gasteiger partial charge < -0.3 is 0 Å². The molecule has 2 rings (SSSR count). The largest absolute Gasteiger partial charge is 0.206 e. The van der Waals surface area contributed by atoms with E-state index in [0.717, 1.165) is 19.8 Å². The van der Waals surface area contributed by atoms with Crippen molar-refractivity contribution in [2.24, 2.45) is 0 Å². The van der Waals surface area contributed by atoms with Crippen molar-refractivity contribution in [3.8, 4) is 10.4 Å². The van der Waals surface area contributed by atoms with Crippen molar-refractivity contribution in [1.29, 1.82) is 0 Å². The fraction of sp³-hybridized carbons (Fsp3) is 0.167. The standard InChI is InChI=1S/C12H9BrClFS/c1-7-9(13)5-11(16-7)12-8(6-14)3-2-4-10(12)15/h2-5H,6H2,1H3.